The van der Waals surface area contributed by atoms with Crippen molar-refractivity contribution in [1.29, 1.82) is 0 Å². The Balaban J connectivity index is 1.59. The van der Waals surface area contributed by atoms with Crippen LogP contribution in [-0.4, -0.2) is 25.6 Å². The molecule has 0 aliphatic heterocycles. The summed E-state index contributed by atoms with van der Waals surface area (Å²) in [5, 5.41) is 10.5. The predicted octanol–water partition coefficient (Wildman–Crippen LogP) is 7.14. The van der Waals surface area contributed by atoms with E-state index in [1.54, 1.807) is 23.5 Å². The van der Waals surface area contributed by atoms with Crippen LogP contribution in [-0.2, 0) is 6.42 Å². The highest BCUT2D eigenvalue weighted by Crippen LogP contribution is 2.45. The summed E-state index contributed by atoms with van der Waals surface area (Å²) >= 11 is 1.72. The summed E-state index contributed by atoms with van der Waals surface area (Å²) in [5.41, 5.74) is 4.49. The van der Waals surface area contributed by atoms with E-state index in [2.05, 4.69) is 44.4 Å². The fourth-order valence-electron chi connectivity index (χ4n) is 5.75. The van der Waals surface area contributed by atoms with Gasteiger partial charge in [0.05, 0.1) is 22.3 Å². The van der Waals surface area contributed by atoms with E-state index in [0.29, 0.717) is 18.4 Å². The summed E-state index contributed by atoms with van der Waals surface area (Å²) in [4.78, 5) is 22.7. The van der Waals surface area contributed by atoms with Crippen molar-refractivity contribution in [1.82, 2.24) is 14.5 Å². The Morgan fingerprint density at radius 3 is 2.62 bits per heavy atom. The zero-order chi connectivity index (χ0) is 24.0. The molecule has 5 nitrogen and oxygen atoms in total. The Labute approximate surface area is 204 Å². The SMILES string of the molecule is Cc1nc(-c2ccccc2)sc1Cc1nc2cc(C(=O)O)ccc2n1[C@H]1C[C@@H](C)CC(C)(C)C1. The molecule has 4 aromatic rings. The Hall–Kier alpha value is -2.99. The highest BCUT2D eigenvalue weighted by Gasteiger charge is 2.34. The Kier molecular flexibility index (Phi) is 5.80. The van der Waals surface area contributed by atoms with E-state index in [9.17, 15) is 9.90 Å². The molecule has 176 valence electrons. The minimum absolute atomic E-state index is 0.262. The number of aryl methyl sites for hydroxylation is 1. The number of rotatable bonds is 5. The number of thiazole rings is 1. The number of imidazole rings is 1. The summed E-state index contributed by atoms with van der Waals surface area (Å²) in [7, 11) is 0. The number of carboxylic acids is 1. The summed E-state index contributed by atoms with van der Waals surface area (Å²) in [6, 6.07) is 16.0. The van der Waals surface area contributed by atoms with E-state index in [1.165, 1.54) is 11.3 Å². The summed E-state index contributed by atoms with van der Waals surface area (Å²) in [6.07, 6.45) is 4.12. The fraction of sp³-hybridized carbons (Fsp3) is 0.393. The molecule has 6 heteroatoms. The molecular weight excluding hydrogens is 442 g/mol. The van der Waals surface area contributed by atoms with Crippen molar-refractivity contribution >= 4 is 28.3 Å². The standard InChI is InChI=1S/C28H31N3O2S/c1-17-12-21(16-28(3,4)15-17)31-23-11-10-20(27(32)33)13-22(23)30-25(31)14-24-18(2)29-26(34-24)19-8-6-5-7-9-19/h5-11,13,17,21H,12,14-16H2,1-4H3,(H,32,33)/t17-,21+/m1/s1. The number of carbonyl (C=O) groups is 1. The fourth-order valence-corrected chi connectivity index (χ4v) is 6.81. The van der Waals surface area contributed by atoms with Gasteiger partial charge in [-0.05, 0) is 55.7 Å². The van der Waals surface area contributed by atoms with Gasteiger partial charge in [0.2, 0.25) is 0 Å². The molecule has 34 heavy (non-hydrogen) atoms. The number of hydrogen-bond acceptors (Lipinski definition) is 4. The molecule has 2 aromatic heterocycles. The molecule has 0 unspecified atom stereocenters. The minimum atomic E-state index is -0.920. The molecule has 0 saturated heterocycles. The lowest BCUT2D eigenvalue weighted by molar-refractivity contribution is 0.0697. The predicted molar refractivity (Wildman–Crippen MR) is 138 cm³/mol. The average Bonchev–Trinajstić information content (AvgIpc) is 3.32. The zero-order valence-electron chi connectivity index (χ0n) is 20.2. The van der Waals surface area contributed by atoms with Gasteiger partial charge in [-0.2, -0.15) is 0 Å². The number of nitrogens with zero attached hydrogens (tertiary/aromatic N) is 3. The Morgan fingerprint density at radius 2 is 1.91 bits per heavy atom. The lowest BCUT2D eigenvalue weighted by atomic mass is 9.70. The third kappa shape index (κ3) is 4.39. The van der Waals surface area contributed by atoms with Gasteiger partial charge in [0.1, 0.15) is 10.8 Å². The Morgan fingerprint density at radius 1 is 1.15 bits per heavy atom. The quantitative estimate of drug-likeness (QED) is 0.334. The van der Waals surface area contributed by atoms with Crippen LogP contribution >= 0.6 is 11.3 Å². The van der Waals surface area contributed by atoms with Crippen molar-refractivity contribution in [3.05, 3.63) is 70.5 Å². The lowest BCUT2D eigenvalue weighted by Crippen LogP contribution is -2.30. The van der Waals surface area contributed by atoms with Crippen LogP contribution in [0.2, 0.25) is 0 Å². The van der Waals surface area contributed by atoms with Crippen LogP contribution in [0.25, 0.3) is 21.6 Å². The van der Waals surface area contributed by atoms with Gasteiger partial charge in [-0.25, -0.2) is 14.8 Å². The Bertz CT molecular complexity index is 1350. The molecule has 0 radical (unpaired) electrons. The first-order valence-electron chi connectivity index (χ1n) is 12.0. The third-order valence-electron chi connectivity index (χ3n) is 6.97. The van der Waals surface area contributed by atoms with E-state index in [1.807, 2.05) is 24.3 Å². The van der Waals surface area contributed by atoms with Crippen molar-refractivity contribution in [3.63, 3.8) is 0 Å². The first-order chi connectivity index (χ1) is 16.2. The van der Waals surface area contributed by atoms with E-state index >= 15 is 0 Å². The maximum absolute atomic E-state index is 11.6. The van der Waals surface area contributed by atoms with Crippen LogP contribution < -0.4 is 0 Å². The molecule has 2 heterocycles. The summed E-state index contributed by atoms with van der Waals surface area (Å²) in [5.74, 6) is 0.710. The first kappa shape index (κ1) is 22.8. The van der Waals surface area contributed by atoms with Gasteiger partial charge in [0.25, 0.3) is 0 Å². The molecule has 1 N–H and O–H groups in total. The van der Waals surface area contributed by atoms with Crippen LogP contribution in [0.1, 0.15) is 72.8 Å². The van der Waals surface area contributed by atoms with Gasteiger partial charge in [-0.15, -0.1) is 11.3 Å². The minimum Gasteiger partial charge on any atom is -0.478 e. The second-order valence-electron chi connectivity index (χ2n) is 10.5. The molecular formula is C28H31N3O2S. The number of carboxylic acid groups (broad SMARTS) is 1. The number of aromatic carboxylic acids is 1. The van der Waals surface area contributed by atoms with Gasteiger partial charge in [-0.3, -0.25) is 0 Å². The monoisotopic (exact) mass is 473 g/mol. The number of benzene rings is 2. The maximum Gasteiger partial charge on any atom is 0.335 e. The summed E-state index contributed by atoms with van der Waals surface area (Å²) < 4.78 is 2.40. The van der Waals surface area contributed by atoms with Crippen molar-refractivity contribution in [2.24, 2.45) is 11.3 Å². The van der Waals surface area contributed by atoms with Gasteiger partial charge >= 0.3 is 5.97 Å². The van der Waals surface area contributed by atoms with Crippen LogP contribution in [0.3, 0.4) is 0 Å². The second-order valence-corrected chi connectivity index (χ2v) is 11.6. The summed E-state index contributed by atoms with van der Waals surface area (Å²) in [6.45, 7) is 9.13. The van der Waals surface area contributed by atoms with E-state index in [4.69, 9.17) is 9.97 Å². The first-order valence-corrected chi connectivity index (χ1v) is 12.8. The maximum atomic E-state index is 11.6. The molecule has 2 atom stereocenters. The second kappa shape index (κ2) is 8.66. The largest absolute Gasteiger partial charge is 0.478 e. The van der Waals surface area contributed by atoms with E-state index in [0.717, 1.165) is 46.0 Å². The molecule has 1 aliphatic rings. The molecule has 1 aliphatic carbocycles. The number of aromatic nitrogens is 3. The zero-order valence-corrected chi connectivity index (χ0v) is 21.0. The van der Waals surface area contributed by atoms with Crippen molar-refractivity contribution in [3.8, 4) is 10.6 Å². The molecule has 2 aromatic carbocycles. The van der Waals surface area contributed by atoms with Gasteiger partial charge < -0.3 is 9.67 Å². The molecule has 1 saturated carbocycles. The van der Waals surface area contributed by atoms with Crippen LogP contribution in [0, 0.1) is 18.3 Å². The number of hydrogen-bond donors (Lipinski definition) is 1. The van der Waals surface area contributed by atoms with E-state index in [-0.39, 0.29) is 11.0 Å². The van der Waals surface area contributed by atoms with Crippen LogP contribution in [0.4, 0.5) is 0 Å². The highest BCUT2D eigenvalue weighted by atomic mass is 32.1. The van der Waals surface area contributed by atoms with Crippen LogP contribution in [0.15, 0.2) is 48.5 Å². The molecule has 1 fully saturated rings. The molecule has 0 amide bonds. The molecule has 0 bridgehead atoms. The van der Waals surface area contributed by atoms with E-state index < -0.39 is 5.97 Å². The molecule has 0 spiro atoms. The van der Waals surface area contributed by atoms with Gasteiger partial charge in [-0.1, -0.05) is 51.1 Å². The van der Waals surface area contributed by atoms with Crippen molar-refractivity contribution in [2.45, 2.75) is 59.4 Å². The van der Waals surface area contributed by atoms with Crippen molar-refractivity contribution < 1.29 is 9.90 Å². The molecule has 5 rings (SSSR count). The lowest BCUT2D eigenvalue weighted by Gasteiger charge is -2.40. The van der Waals surface area contributed by atoms with Crippen LogP contribution in [0.5, 0.6) is 0 Å². The smallest absolute Gasteiger partial charge is 0.335 e. The van der Waals surface area contributed by atoms with Gasteiger partial charge in [0, 0.05) is 22.9 Å². The number of fused-ring (bicyclic) bond motifs is 1. The topological polar surface area (TPSA) is 68.0 Å². The van der Waals surface area contributed by atoms with Gasteiger partial charge in [0.15, 0.2) is 0 Å². The normalized spacial score (nSPS) is 20.0. The highest BCUT2D eigenvalue weighted by molar-refractivity contribution is 7.15. The average molecular weight is 474 g/mol. The van der Waals surface area contributed by atoms with Crippen molar-refractivity contribution in [2.75, 3.05) is 0 Å². The third-order valence-corrected chi connectivity index (χ3v) is 8.18.